The quantitative estimate of drug-likeness (QED) is 0.731. The standard InChI is InChI=1S/C14H20N2O4/c1-4-14(5-2,13(19)20)8-15-11(17)10-7-6-9(3)16-12(10)18/h6-7H,4-5,8H2,1-3H3,(H,15,17)(H,16,18)(H,19,20). The highest BCUT2D eigenvalue weighted by molar-refractivity contribution is 5.94. The number of carbonyl (C=O) groups excluding carboxylic acids is 1. The lowest BCUT2D eigenvalue weighted by molar-refractivity contribution is -0.149. The molecule has 0 unspecified atom stereocenters. The fraction of sp³-hybridized carbons (Fsp3) is 0.500. The molecular weight excluding hydrogens is 260 g/mol. The zero-order valence-electron chi connectivity index (χ0n) is 11.9. The van der Waals surface area contributed by atoms with E-state index in [1.807, 2.05) is 0 Å². The summed E-state index contributed by atoms with van der Waals surface area (Å²) in [7, 11) is 0. The fourth-order valence-corrected chi connectivity index (χ4v) is 1.97. The van der Waals surface area contributed by atoms with Crippen LogP contribution < -0.4 is 10.9 Å². The van der Waals surface area contributed by atoms with Crippen molar-refractivity contribution in [1.82, 2.24) is 10.3 Å². The Morgan fingerprint density at radius 3 is 2.35 bits per heavy atom. The van der Waals surface area contributed by atoms with Gasteiger partial charge >= 0.3 is 5.97 Å². The van der Waals surface area contributed by atoms with Crippen LogP contribution in [0.25, 0.3) is 0 Å². The van der Waals surface area contributed by atoms with Crippen molar-refractivity contribution in [2.75, 3.05) is 6.54 Å². The second-order valence-corrected chi connectivity index (χ2v) is 4.86. The van der Waals surface area contributed by atoms with Gasteiger partial charge in [-0.2, -0.15) is 0 Å². The molecule has 0 radical (unpaired) electrons. The Balaban J connectivity index is 2.86. The van der Waals surface area contributed by atoms with Gasteiger partial charge < -0.3 is 15.4 Å². The summed E-state index contributed by atoms with van der Waals surface area (Å²) < 4.78 is 0. The zero-order valence-corrected chi connectivity index (χ0v) is 11.9. The second-order valence-electron chi connectivity index (χ2n) is 4.86. The molecule has 6 heteroatoms. The van der Waals surface area contributed by atoms with E-state index in [1.165, 1.54) is 6.07 Å². The third kappa shape index (κ3) is 3.26. The van der Waals surface area contributed by atoms with Gasteiger partial charge in [-0.1, -0.05) is 13.8 Å². The van der Waals surface area contributed by atoms with E-state index >= 15 is 0 Å². The number of rotatable bonds is 6. The number of amides is 1. The highest BCUT2D eigenvalue weighted by atomic mass is 16.4. The van der Waals surface area contributed by atoms with Crippen molar-refractivity contribution in [3.8, 4) is 0 Å². The van der Waals surface area contributed by atoms with E-state index in [1.54, 1.807) is 26.8 Å². The third-order valence-electron chi connectivity index (χ3n) is 3.69. The van der Waals surface area contributed by atoms with Gasteiger partial charge in [-0.05, 0) is 31.9 Å². The fourth-order valence-electron chi connectivity index (χ4n) is 1.97. The van der Waals surface area contributed by atoms with Crippen molar-refractivity contribution < 1.29 is 14.7 Å². The third-order valence-corrected chi connectivity index (χ3v) is 3.69. The van der Waals surface area contributed by atoms with Crippen LogP contribution in [0, 0.1) is 12.3 Å². The van der Waals surface area contributed by atoms with Gasteiger partial charge in [0.25, 0.3) is 11.5 Å². The van der Waals surface area contributed by atoms with Gasteiger partial charge in [-0.25, -0.2) is 0 Å². The minimum atomic E-state index is -0.993. The number of H-pyrrole nitrogens is 1. The molecule has 110 valence electrons. The molecule has 1 amide bonds. The van der Waals surface area contributed by atoms with Crippen molar-refractivity contribution in [3.63, 3.8) is 0 Å². The molecule has 1 heterocycles. The first-order chi connectivity index (χ1) is 9.36. The normalized spacial score (nSPS) is 11.2. The average Bonchev–Trinajstić information content (AvgIpc) is 2.39. The number of hydrogen-bond donors (Lipinski definition) is 3. The van der Waals surface area contributed by atoms with Gasteiger partial charge in [0.1, 0.15) is 5.56 Å². The van der Waals surface area contributed by atoms with E-state index in [9.17, 15) is 19.5 Å². The number of aliphatic carboxylic acids is 1. The molecule has 0 aliphatic heterocycles. The smallest absolute Gasteiger partial charge is 0.311 e. The van der Waals surface area contributed by atoms with Gasteiger partial charge in [0.15, 0.2) is 0 Å². The summed E-state index contributed by atoms with van der Waals surface area (Å²) in [6.07, 6.45) is 0.812. The molecule has 0 aliphatic carbocycles. The SMILES string of the molecule is CCC(CC)(CNC(=O)c1ccc(C)[nH]c1=O)C(=O)O. The van der Waals surface area contributed by atoms with Crippen LogP contribution in [0.3, 0.4) is 0 Å². The van der Waals surface area contributed by atoms with Crippen LogP contribution in [0.1, 0.15) is 42.7 Å². The molecule has 0 aromatic carbocycles. The number of aromatic amines is 1. The maximum Gasteiger partial charge on any atom is 0.311 e. The van der Waals surface area contributed by atoms with Gasteiger partial charge in [0, 0.05) is 12.2 Å². The lowest BCUT2D eigenvalue weighted by Gasteiger charge is -2.26. The van der Waals surface area contributed by atoms with Crippen molar-refractivity contribution in [3.05, 3.63) is 33.7 Å². The van der Waals surface area contributed by atoms with Crippen LogP contribution in [0.15, 0.2) is 16.9 Å². The maximum atomic E-state index is 12.0. The van der Waals surface area contributed by atoms with E-state index in [-0.39, 0.29) is 12.1 Å². The number of aryl methyl sites for hydroxylation is 1. The Kier molecular flexibility index (Phi) is 5.07. The second kappa shape index (κ2) is 6.36. The minimum absolute atomic E-state index is 0.00147. The number of carboxylic acid groups (broad SMARTS) is 1. The van der Waals surface area contributed by atoms with Crippen molar-refractivity contribution in [2.45, 2.75) is 33.6 Å². The van der Waals surface area contributed by atoms with Crippen LogP contribution in [0.2, 0.25) is 0 Å². The molecule has 0 saturated heterocycles. The first-order valence-corrected chi connectivity index (χ1v) is 6.58. The largest absolute Gasteiger partial charge is 0.481 e. The van der Waals surface area contributed by atoms with E-state index in [2.05, 4.69) is 10.3 Å². The number of aromatic nitrogens is 1. The summed E-state index contributed by atoms with van der Waals surface area (Å²) in [6, 6.07) is 3.06. The Hall–Kier alpha value is -2.11. The van der Waals surface area contributed by atoms with E-state index in [0.717, 1.165) is 0 Å². The molecule has 6 nitrogen and oxygen atoms in total. The number of hydrogen-bond acceptors (Lipinski definition) is 3. The molecule has 0 spiro atoms. The number of carbonyl (C=O) groups is 2. The molecule has 0 saturated carbocycles. The summed E-state index contributed by atoms with van der Waals surface area (Å²) in [5.41, 5.74) is -0.820. The molecule has 0 aliphatic rings. The highest BCUT2D eigenvalue weighted by Gasteiger charge is 2.35. The average molecular weight is 280 g/mol. The van der Waals surface area contributed by atoms with Gasteiger partial charge in [-0.15, -0.1) is 0 Å². The molecule has 1 rings (SSSR count). The lowest BCUT2D eigenvalue weighted by Crippen LogP contribution is -2.43. The molecule has 0 bridgehead atoms. The maximum absolute atomic E-state index is 12.0. The van der Waals surface area contributed by atoms with Crippen LogP contribution in [-0.4, -0.2) is 28.5 Å². The molecule has 0 atom stereocenters. The lowest BCUT2D eigenvalue weighted by atomic mass is 9.82. The summed E-state index contributed by atoms with van der Waals surface area (Å²) in [5, 5.41) is 11.8. The molecule has 3 N–H and O–H groups in total. The van der Waals surface area contributed by atoms with Crippen LogP contribution >= 0.6 is 0 Å². The summed E-state index contributed by atoms with van der Waals surface area (Å²) in [4.78, 5) is 37.5. The number of pyridine rings is 1. The first kappa shape index (κ1) is 15.9. The van der Waals surface area contributed by atoms with Crippen LogP contribution in [-0.2, 0) is 4.79 Å². The number of carboxylic acids is 1. The first-order valence-electron chi connectivity index (χ1n) is 6.58. The molecule has 1 aromatic rings. The monoisotopic (exact) mass is 280 g/mol. The predicted octanol–water partition coefficient (Wildman–Crippen LogP) is 1.30. The van der Waals surface area contributed by atoms with Crippen LogP contribution in [0.5, 0.6) is 0 Å². The van der Waals surface area contributed by atoms with Gasteiger partial charge in [-0.3, -0.25) is 14.4 Å². The Morgan fingerprint density at radius 2 is 1.90 bits per heavy atom. The van der Waals surface area contributed by atoms with Gasteiger partial charge in [0.2, 0.25) is 0 Å². The number of nitrogens with one attached hydrogen (secondary N) is 2. The van der Waals surface area contributed by atoms with Crippen molar-refractivity contribution >= 4 is 11.9 Å². The van der Waals surface area contributed by atoms with E-state index in [0.29, 0.717) is 18.5 Å². The van der Waals surface area contributed by atoms with Gasteiger partial charge in [0.05, 0.1) is 5.41 Å². The minimum Gasteiger partial charge on any atom is -0.481 e. The topological polar surface area (TPSA) is 99.3 Å². The molecule has 1 aromatic heterocycles. The molecule has 20 heavy (non-hydrogen) atoms. The highest BCUT2D eigenvalue weighted by Crippen LogP contribution is 2.25. The van der Waals surface area contributed by atoms with Crippen molar-refractivity contribution in [2.24, 2.45) is 5.41 Å². The Labute approximate surface area is 117 Å². The summed E-state index contributed by atoms with van der Waals surface area (Å²) in [6.45, 7) is 5.25. The summed E-state index contributed by atoms with van der Waals surface area (Å²) in [5.74, 6) is -1.50. The van der Waals surface area contributed by atoms with Crippen LogP contribution in [0.4, 0.5) is 0 Å². The summed E-state index contributed by atoms with van der Waals surface area (Å²) >= 11 is 0. The van der Waals surface area contributed by atoms with E-state index < -0.39 is 22.9 Å². The van der Waals surface area contributed by atoms with E-state index in [4.69, 9.17) is 0 Å². The predicted molar refractivity (Wildman–Crippen MR) is 74.8 cm³/mol. The molecule has 0 fully saturated rings. The molecular formula is C14H20N2O4. The Morgan fingerprint density at radius 1 is 1.30 bits per heavy atom. The van der Waals surface area contributed by atoms with Crippen molar-refractivity contribution in [1.29, 1.82) is 0 Å². The zero-order chi connectivity index (χ0) is 15.3. The Bertz CT molecular complexity index is 559.